The van der Waals surface area contributed by atoms with Crippen LogP contribution in [0.4, 0.5) is 58.4 Å². The Morgan fingerprint density at radius 3 is 0.875 bits per heavy atom. The number of phenolic OH excluding ortho intramolecular Hbond substituents is 1. The number of hydrogen-bond donors (Lipinski definition) is 2. The number of aromatic hydroxyl groups is 1. The van der Waals surface area contributed by atoms with Gasteiger partial charge in [0, 0.05) is 0 Å². The predicted molar refractivity (Wildman–Crippen MR) is 52.5 cm³/mol. The van der Waals surface area contributed by atoms with Crippen molar-refractivity contribution in [3.05, 3.63) is 22.3 Å². The second-order valence-electron chi connectivity index (χ2n) is 4.25. The molecule has 2 nitrogen and oxygen atoms in total. The van der Waals surface area contributed by atoms with Crippen LogP contribution >= 0.6 is 0 Å². The minimum absolute atomic E-state index is 2.84. The Hall–Kier alpha value is -2.02. The maximum atomic E-state index is 12.7. The quantitative estimate of drug-likeness (QED) is 0.375. The molecule has 0 aliphatic heterocycles. The minimum Gasteiger partial charge on any atom is -0.507 e. The second-order valence-corrected chi connectivity index (χ2v) is 4.25. The Kier molecular flexibility index (Phi) is 4.37. The molecule has 138 valence electrons. The van der Waals surface area contributed by atoms with E-state index in [0.29, 0.717) is 0 Å². The zero-order valence-corrected chi connectivity index (χ0v) is 10.6. The number of halogens is 12. The number of nitrogen functional groups attached to an aromatic ring is 1. The SMILES string of the molecule is Nc1c(C(F)(F)F)c(C(F)(F)F)c(O)c(C(F)(F)F)c1C(F)(F)F. The van der Waals surface area contributed by atoms with Crippen molar-refractivity contribution >= 4 is 5.69 Å². The van der Waals surface area contributed by atoms with Crippen molar-refractivity contribution in [2.45, 2.75) is 24.7 Å². The monoisotopic (exact) mass is 381 g/mol. The Morgan fingerprint density at radius 1 is 0.500 bits per heavy atom. The summed E-state index contributed by atoms with van der Waals surface area (Å²) in [6.07, 6.45) is -25.0. The van der Waals surface area contributed by atoms with E-state index < -0.39 is 58.4 Å². The molecule has 3 N–H and O–H groups in total. The van der Waals surface area contributed by atoms with Crippen molar-refractivity contribution in [1.82, 2.24) is 0 Å². The molecule has 0 saturated carbocycles. The lowest BCUT2D eigenvalue weighted by atomic mass is 9.92. The van der Waals surface area contributed by atoms with Gasteiger partial charge in [0.15, 0.2) is 0 Å². The van der Waals surface area contributed by atoms with Crippen molar-refractivity contribution < 1.29 is 57.8 Å². The number of anilines is 1. The Morgan fingerprint density at radius 2 is 0.708 bits per heavy atom. The molecule has 0 amide bonds. The number of benzene rings is 1. The maximum Gasteiger partial charge on any atom is 0.420 e. The molecule has 0 spiro atoms. The zero-order chi connectivity index (χ0) is 19.5. The van der Waals surface area contributed by atoms with E-state index in [2.05, 4.69) is 5.73 Å². The van der Waals surface area contributed by atoms with E-state index in [4.69, 9.17) is 5.11 Å². The Labute approximate surface area is 123 Å². The molecule has 1 aromatic carbocycles. The number of hydrogen-bond acceptors (Lipinski definition) is 2. The fourth-order valence-electron chi connectivity index (χ4n) is 1.90. The van der Waals surface area contributed by atoms with Crippen LogP contribution in [0.3, 0.4) is 0 Å². The van der Waals surface area contributed by atoms with E-state index in [0.717, 1.165) is 0 Å². The van der Waals surface area contributed by atoms with Crippen LogP contribution in [0.2, 0.25) is 0 Å². The molecular formula is C10H3F12NO. The molecule has 1 aromatic rings. The highest BCUT2D eigenvalue weighted by Gasteiger charge is 2.56. The highest BCUT2D eigenvalue weighted by molar-refractivity contribution is 5.69. The van der Waals surface area contributed by atoms with Crippen LogP contribution in [0.1, 0.15) is 22.3 Å². The van der Waals surface area contributed by atoms with Crippen molar-refractivity contribution in [3.8, 4) is 5.75 Å². The van der Waals surface area contributed by atoms with Crippen LogP contribution in [0.15, 0.2) is 0 Å². The number of rotatable bonds is 0. The minimum atomic E-state index is -6.27. The van der Waals surface area contributed by atoms with Gasteiger partial charge in [-0.2, -0.15) is 52.7 Å². The Balaban J connectivity index is 4.28. The number of alkyl halides is 12. The zero-order valence-electron chi connectivity index (χ0n) is 10.6. The van der Waals surface area contributed by atoms with Crippen molar-refractivity contribution in [1.29, 1.82) is 0 Å². The lowest BCUT2D eigenvalue weighted by molar-refractivity contribution is -0.171. The molecule has 14 heteroatoms. The van der Waals surface area contributed by atoms with Crippen LogP contribution in [-0.2, 0) is 24.7 Å². The van der Waals surface area contributed by atoms with Crippen LogP contribution in [0.25, 0.3) is 0 Å². The van der Waals surface area contributed by atoms with Crippen molar-refractivity contribution in [3.63, 3.8) is 0 Å². The van der Waals surface area contributed by atoms with E-state index in [-0.39, 0.29) is 0 Å². The first-order valence-corrected chi connectivity index (χ1v) is 5.28. The first kappa shape index (κ1) is 20.0. The van der Waals surface area contributed by atoms with Gasteiger partial charge in [-0.15, -0.1) is 0 Å². The largest absolute Gasteiger partial charge is 0.507 e. The van der Waals surface area contributed by atoms with Gasteiger partial charge in [0.25, 0.3) is 0 Å². The fraction of sp³-hybridized carbons (Fsp3) is 0.400. The summed E-state index contributed by atoms with van der Waals surface area (Å²) < 4.78 is 152. The molecule has 0 radical (unpaired) electrons. The summed E-state index contributed by atoms with van der Waals surface area (Å²) in [5.74, 6) is -3.26. The van der Waals surface area contributed by atoms with Gasteiger partial charge in [-0.1, -0.05) is 0 Å². The topological polar surface area (TPSA) is 46.2 Å². The molecule has 24 heavy (non-hydrogen) atoms. The van der Waals surface area contributed by atoms with Crippen LogP contribution in [0, 0.1) is 0 Å². The van der Waals surface area contributed by atoms with Gasteiger partial charge in [-0.05, 0) is 0 Å². The molecule has 0 atom stereocenters. The third-order valence-electron chi connectivity index (χ3n) is 2.65. The highest BCUT2D eigenvalue weighted by Crippen LogP contribution is 2.56. The lowest BCUT2D eigenvalue weighted by Gasteiger charge is -2.26. The van der Waals surface area contributed by atoms with Crippen molar-refractivity contribution in [2.75, 3.05) is 5.73 Å². The molecule has 0 aromatic heterocycles. The second kappa shape index (κ2) is 5.24. The average Bonchev–Trinajstić information content (AvgIpc) is 2.24. The molecule has 0 aliphatic carbocycles. The van der Waals surface area contributed by atoms with Gasteiger partial charge in [0.05, 0.1) is 16.8 Å². The molecule has 0 heterocycles. The summed E-state index contributed by atoms with van der Waals surface area (Å²) in [6.45, 7) is 0. The molecule has 0 fully saturated rings. The summed E-state index contributed by atoms with van der Waals surface area (Å²) in [4.78, 5) is 0. The third-order valence-corrected chi connectivity index (χ3v) is 2.65. The average molecular weight is 381 g/mol. The third kappa shape index (κ3) is 3.40. The number of nitrogens with two attached hydrogens (primary N) is 1. The summed E-state index contributed by atoms with van der Waals surface area (Å²) in [7, 11) is 0. The fourth-order valence-corrected chi connectivity index (χ4v) is 1.90. The summed E-state index contributed by atoms with van der Waals surface area (Å²) in [6, 6.07) is 0. The lowest BCUT2D eigenvalue weighted by Crippen LogP contribution is -2.27. The molecule has 0 saturated heterocycles. The van der Waals surface area contributed by atoms with E-state index in [1.807, 2.05) is 0 Å². The van der Waals surface area contributed by atoms with Gasteiger partial charge in [0.1, 0.15) is 16.9 Å². The van der Waals surface area contributed by atoms with Gasteiger partial charge >= 0.3 is 24.7 Å². The normalized spacial score (nSPS) is 14.2. The van der Waals surface area contributed by atoms with E-state index in [1.54, 1.807) is 0 Å². The summed E-state index contributed by atoms with van der Waals surface area (Å²) in [5.41, 5.74) is -11.7. The Bertz CT molecular complexity index is 538. The van der Waals surface area contributed by atoms with Gasteiger partial charge in [-0.25, -0.2) is 0 Å². The van der Waals surface area contributed by atoms with Gasteiger partial charge in [0.2, 0.25) is 0 Å². The maximum absolute atomic E-state index is 12.7. The van der Waals surface area contributed by atoms with Gasteiger partial charge in [-0.3, -0.25) is 0 Å². The standard InChI is InChI=1S/C10H3F12NO/c11-7(12,13)1-3(9(17,18)19)6(24)4(10(20,21)22)2(5(1)23)8(14,15)16/h24H,23H2. The smallest absolute Gasteiger partial charge is 0.420 e. The van der Waals surface area contributed by atoms with Crippen LogP contribution in [0.5, 0.6) is 5.75 Å². The van der Waals surface area contributed by atoms with Crippen LogP contribution < -0.4 is 5.73 Å². The predicted octanol–water partition coefficient (Wildman–Crippen LogP) is 5.05. The summed E-state index contributed by atoms with van der Waals surface area (Å²) in [5, 5.41) is 8.98. The molecule has 0 unspecified atom stereocenters. The van der Waals surface area contributed by atoms with Gasteiger partial charge < -0.3 is 10.8 Å². The molecular weight excluding hydrogens is 378 g/mol. The van der Waals surface area contributed by atoms with E-state index in [9.17, 15) is 52.7 Å². The first-order valence-electron chi connectivity index (χ1n) is 5.28. The molecule has 0 bridgehead atoms. The molecule has 0 aliphatic rings. The van der Waals surface area contributed by atoms with Crippen molar-refractivity contribution in [2.24, 2.45) is 0 Å². The van der Waals surface area contributed by atoms with Crippen LogP contribution in [-0.4, -0.2) is 5.11 Å². The summed E-state index contributed by atoms with van der Waals surface area (Å²) >= 11 is 0. The van der Waals surface area contributed by atoms with E-state index in [1.165, 1.54) is 0 Å². The first-order chi connectivity index (χ1) is 10.3. The van der Waals surface area contributed by atoms with E-state index >= 15 is 0 Å². The molecule has 1 rings (SSSR count). The highest BCUT2D eigenvalue weighted by atomic mass is 19.4. The number of phenols is 1.